The van der Waals surface area contributed by atoms with Crippen LogP contribution in [0.1, 0.15) is 6.42 Å². The van der Waals surface area contributed by atoms with Crippen molar-refractivity contribution in [3.63, 3.8) is 0 Å². The second-order valence-corrected chi connectivity index (χ2v) is 4.47. The Kier molecular flexibility index (Phi) is 3.19. The molecular formula is C10H21N3. The summed E-state index contributed by atoms with van der Waals surface area (Å²) in [6.45, 7) is 8.80. The Morgan fingerprint density at radius 1 is 1.23 bits per heavy atom. The Labute approximate surface area is 81.1 Å². The van der Waals surface area contributed by atoms with Gasteiger partial charge >= 0.3 is 0 Å². The molecule has 2 rings (SSSR count). The van der Waals surface area contributed by atoms with Crippen molar-refractivity contribution in [2.75, 3.05) is 52.9 Å². The van der Waals surface area contributed by atoms with Crippen molar-refractivity contribution >= 4 is 0 Å². The normalized spacial score (nSPS) is 32.5. The molecule has 2 fully saturated rings. The summed E-state index contributed by atoms with van der Waals surface area (Å²) in [4.78, 5) is 5.06. The molecule has 0 aliphatic carbocycles. The van der Waals surface area contributed by atoms with Gasteiger partial charge in [-0.1, -0.05) is 0 Å². The van der Waals surface area contributed by atoms with E-state index < -0.39 is 0 Å². The zero-order valence-electron chi connectivity index (χ0n) is 8.63. The molecule has 2 aliphatic rings. The van der Waals surface area contributed by atoms with Gasteiger partial charge in [-0.3, -0.25) is 0 Å². The molecule has 1 N–H and O–H groups in total. The molecule has 0 spiro atoms. The number of hydrogen-bond acceptors (Lipinski definition) is 3. The van der Waals surface area contributed by atoms with Gasteiger partial charge in [0, 0.05) is 39.3 Å². The first-order valence-corrected chi connectivity index (χ1v) is 5.46. The van der Waals surface area contributed by atoms with Gasteiger partial charge in [-0.05, 0) is 25.9 Å². The van der Waals surface area contributed by atoms with Crippen LogP contribution in [0.2, 0.25) is 0 Å². The molecule has 0 aromatic heterocycles. The number of nitrogens with one attached hydrogen (secondary N) is 1. The van der Waals surface area contributed by atoms with E-state index in [2.05, 4.69) is 22.2 Å². The molecule has 0 saturated carbocycles. The van der Waals surface area contributed by atoms with Gasteiger partial charge in [0.05, 0.1) is 0 Å². The first-order valence-electron chi connectivity index (χ1n) is 5.46. The van der Waals surface area contributed by atoms with Crippen molar-refractivity contribution in [3.8, 4) is 0 Å². The quantitative estimate of drug-likeness (QED) is 0.642. The van der Waals surface area contributed by atoms with Crippen LogP contribution in [0.4, 0.5) is 0 Å². The molecule has 0 radical (unpaired) electrons. The highest BCUT2D eigenvalue weighted by atomic mass is 15.2. The third-order valence-electron chi connectivity index (χ3n) is 3.21. The van der Waals surface area contributed by atoms with Crippen LogP contribution in [0.5, 0.6) is 0 Å². The fourth-order valence-corrected chi connectivity index (χ4v) is 2.43. The minimum atomic E-state index is 0.933. The molecule has 3 nitrogen and oxygen atoms in total. The molecule has 0 aromatic carbocycles. The molecular weight excluding hydrogens is 162 g/mol. The lowest BCUT2D eigenvalue weighted by Crippen LogP contribution is -2.45. The molecule has 13 heavy (non-hydrogen) atoms. The van der Waals surface area contributed by atoms with Gasteiger partial charge in [-0.2, -0.15) is 0 Å². The number of nitrogens with zero attached hydrogens (tertiary/aromatic N) is 2. The fraction of sp³-hybridized carbons (Fsp3) is 1.00. The van der Waals surface area contributed by atoms with E-state index >= 15 is 0 Å². The molecule has 0 amide bonds. The van der Waals surface area contributed by atoms with Gasteiger partial charge in [0.15, 0.2) is 0 Å². The standard InChI is InChI=1S/C10H21N3/c1-12-5-2-10(8-12)9-13-6-3-11-4-7-13/h10-11H,2-9H2,1H3/t10-/m0/s1. The Morgan fingerprint density at radius 2 is 2.00 bits per heavy atom. The highest BCUT2D eigenvalue weighted by molar-refractivity contribution is 4.78. The maximum atomic E-state index is 3.40. The fourth-order valence-electron chi connectivity index (χ4n) is 2.43. The first kappa shape index (κ1) is 9.44. The van der Waals surface area contributed by atoms with Crippen molar-refractivity contribution < 1.29 is 0 Å². The SMILES string of the molecule is CN1CC[C@H](CN2CCNCC2)C1. The number of likely N-dealkylation sites (tertiary alicyclic amines) is 1. The van der Waals surface area contributed by atoms with E-state index in [4.69, 9.17) is 0 Å². The highest BCUT2D eigenvalue weighted by Crippen LogP contribution is 2.15. The van der Waals surface area contributed by atoms with Crippen LogP contribution in [0.3, 0.4) is 0 Å². The molecule has 0 unspecified atom stereocenters. The molecule has 3 heteroatoms. The molecule has 1 atom stereocenters. The van der Waals surface area contributed by atoms with Gasteiger partial charge in [0.1, 0.15) is 0 Å². The largest absolute Gasteiger partial charge is 0.314 e. The second kappa shape index (κ2) is 4.40. The van der Waals surface area contributed by atoms with Gasteiger partial charge in [-0.15, -0.1) is 0 Å². The zero-order chi connectivity index (χ0) is 9.10. The van der Waals surface area contributed by atoms with Crippen molar-refractivity contribution in [2.45, 2.75) is 6.42 Å². The van der Waals surface area contributed by atoms with Crippen molar-refractivity contribution in [1.29, 1.82) is 0 Å². The summed E-state index contributed by atoms with van der Waals surface area (Å²) >= 11 is 0. The lowest BCUT2D eigenvalue weighted by Gasteiger charge is -2.29. The molecule has 0 aromatic rings. The molecule has 2 aliphatic heterocycles. The summed E-state index contributed by atoms with van der Waals surface area (Å²) in [7, 11) is 2.23. The van der Waals surface area contributed by atoms with Gasteiger partial charge in [0.2, 0.25) is 0 Å². The van der Waals surface area contributed by atoms with Crippen molar-refractivity contribution in [3.05, 3.63) is 0 Å². The second-order valence-electron chi connectivity index (χ2n) is 4.47. The first-order chi connectivity index (χ1) is 6.34. The topological polar surface area (TPSA) is 18.5 Å². The third kappa shape index (κ3) is 2.66. The van der Waals surface area contributed by atoms with E-state index in [9.17, 15) is 0 Å². The summed E-state index contributed by atoms with van der Waals surface area (Å²) in [5, 5.41) is 3.40. The molecule has 2 saturated heterocycles. The summed E-state index contributed by atoms with van der Waals surface area (Å²) in [5.41, 5.74) is 0. The van der Waals surface area contributed by atoms with E-state index in [-0.39, 0.29) is 0 Å². The Bertz CT molecular complexity index is 151. The van der Waals surface area contributed by atoms with Gasteiger partial charge < -0.3 is 15.1 Å². The van der Waals surface area contributed by atoms with E-state index in [1.54, 1.807) is 0 Å². The molecule has 2 heterocycles. The number of hydrogen-bond donors (Lipinski definition) is 1. The maximum absolute atomic E-state index is 3.40. The summed E-state index contributed by atoms with van der Waals surface area (Å²) in [5.74, 6) is 0.933. The van der Waals surface area contributed by atoms with Crippen LogP contribution in [0.15, 0.2) is 0 Å². The minimum absolute atomic E-state index is 0.933. The van der Waals surface area contributed by atoms with E-state index in [0.717, 1.165) is 5.92 Å². The average molecular weight is 183 g/mol. The van der Waals surface area contributed by atoms with Crippen LogP contribution in [-0.4, -0.2) is 62.7 Å². The Morgan fingerprint density at radius 3 is 2.62 bits per heavy atom. The maximum Gasteiger partial charge on any atom is 0.0107 e. The van der Waals surface area contributed by atoms with E-state index in [1.807, 2.05) is 0 Å². The lowest BCUT2D eigenvalue weighted by molar-refractivity contribution is 0.206. The van der Waals surface area contributed by atoms with Crippen molar-refractivity contribution in [2.24, 2.45) is 5.92 Å². The number of piperazine rings is 1. The zero-order valence-corrected chi connectivity index (χ0v) is 8.63. The summed E-state index contributed by atoms with van der Waals surface area (Å²) in [6, 6.07) is 0. The molecule has 0 bridgehead atoms. The van der Waals surface area contributed by atoms with Gasteiger partial charge in [-0.25, -0.2) is 0 Å². The summed E-state index contributed by atoms with van der Waals surface area (Å²) < 4.78 is 0. The Hall–Kier alpha value is -0.120. The summed E-state index contributed by atoms with van der Waals surface area (Å²) in [6.07, 6.45) is 1.40. The van der Waals surface area contributed by atoms with E-state index in [0.29, 0.717) is 0 Å². The van der Waals surface area contributed by atoms with Crippen molar-refractivity contribution in [1.82, 2.24) is 15.1 Å². The predicted molar refractivity (Wildman–Crippen MR) is 54.9 cm³/mol. The smallest absolute Gasteiger partial charge is 0.0107 e. The predicted octanol–water partition coefficient (Wildman–Crippen LogP) is -0.157. The van der Waals surface area contributed by atoms with Crippen LogP contribution in [-0.2, 0) is 0 Å². The number of rotatable bonds is 2. The van der Waals surface area contributed by atoms with E-state index in [1.165, 1.54) is 52.2 Å². The van der Waals surface area contributed by atoms with Crippen LogP contribution in [0, 0.1) is 5.92 Å². The molecule has 76 valence electrons. The van der Waals surface area contributed by atoms with Crippen LogP contribution >= 0.6 is 0 Å². The lowest BCUT2D eigenvalue weighted by atomic mass is 10.1. The minimum Gasteiger partial charge on any atom is -0.314 e. The monoisotopic (exact) mass is 183 g/mol. The third-order valence-corrected chi connectivity index (χ3v) is 3.21. The van der Waals surface area contributed by atoms with Gasteiger partial charge in [0.25, 0.3) is 0 Å². The van der Waals surface area contributed by atoms with Crippen LogP contribution in [0.25, 0.3) is 0 Å². The average Bonchev–Trinajstić information content (AvgIpc) is 2.53. The van der Waals surface area contributed by atoms with Crippen LogP contribution < -0.4 is 5.32 Å². The highest BCUT2D eigenvalue weighted by Gasteiger charge is 2.22. The Balaban J connectivity index is 1.71.